The van der Waals surface area contributed by atoms with Crippen LogP contribution in [0.2, 0.25) is 0 Å². The highest BCUT2D eigenvalue weighted by Crippen LogP contribution is 2.15. The van der Waals surface area contributed by atoms with Crippen molar-refractivity contribution in [3.63, 3.8) is 0 Å². The topological polar surface area (TPSA) is 78.0 Å². The Morgan fingerprint density at radius 2 is 2.05 bits per heavy atom. The SMILES string of the molecule is CS(=O)(=O)c1cnn(Cc2cccc(CN)c2F)c1. The Balaban J connectivity index is 2.29. The lowest BCUT2D eigenvalue weighted by atomic mass is 10.1. The van der Waals surface area contributed by atoms with E-state index >= 15 is 0 Å². The second-order valence-electron chi connectivity index (χ2n) is 4.24. The maximum atomic E-state index is 14.0. The summed E-state index contributed by atoms with van der Waals surface area (Å²) in [5.41, 5.74) is 6.28. The van der Waals surface area contributed by atoms with Gasteiger partial charge in [-0.05, 0) is 0 Å². The molecule has 1 aromatic heterocycles. The molecule has 0 amide bonds. The van der Waals surface area contributed by atoms with Crippen molar-refractivity contribution in [1.82, 2.24) is 9.78 Å². The molecule has 19 heavy (non-hydrogen) atoms. The minimum absolute atomic E-state index is 0.114. The summed E-state index contributed by atoms with van der Waals surface area (Å²) in [4.78, 5) is 0.114. The zero-order chi connectivity index (χ0) is 14.0. The van der Waals surface area contributed by atoms with Crippen LogP contribution in [0.3, 0.4) is 0 Å². The largest absolute Gasteiger partial charge is 0.326 e. The Hall–Kier alpha value is -1.73. The lowest BCUT2D eigenvalue weighted by molar-refractivity contribution is 0.572. The number of hydrogen-bond acceptors (Lipinski definition) is 4. The van der Waals surface area contributed by atoms with Crippen LogP contribution in [0.1, 0.15) is 11.1 Å². The smallest absolute Gasteiger partial charge is 0.178 e. The van der Waals surface area contributed by atoms with Gasteiger partial charge in [-0.3, -0.25) is 4.68 Å². The predicted octanol–water partition coefficient (Wildman–Crippen LogP) is 0.933. The van der Waals surface area contributed by atoms with Crippen LogP contribution in [-0.2, 0) is 22.9 Å². The molecule has 0 atom stereocenters. The molecular weight excluding hydrogens is 269 g/mol. The Morgan fingerprint density at radius 1 is 1.37 bits per heavy atom. The third-order valence-electron chi connectivity index (χ3n) is 2.75. The normalized spacial score (nSPS) is 11.7. The van der Waals surface area contributed by atoms with E-state index in [1.165, 1.54) is 17.1 Å². The van der Waals surface area contributed by atoms with Crippen LogP contribution in [0.5, 0.6) is 0 Å². The van der Waals surface area contributed by atoms with Crippen LogP contribution in [0.25, 0.3) is 0 Å². The second kappa shape index (κ2) is 5.10. The van der Waals surface area contributed by atoms with Crippen molar-refractivity contribution in [2.45, 2.75) is 18.0 Å². The maximum absolute atomic E-state index is 14.0. The van der Waals surface area contributed by atoms with Gasteiger partial charge in [0.25, 0.3) is 0 Å². The van der Waals surface area contributed by atoms with Gasteiger partial charge in [0.2, 0.25) is 0 Å². The highest BCUT2D eigenvalue weighted by molar-refractivity contribution is 7.90. The van der Waals surface area contributed by atoms with E-state index < -0.39 is 9.84 Å². The first-order chi connectivity index (χ1) is 8.91. The van der Waals surface area contributed by atoms with Crippen molar-refractivity contribution >= 4 is 9.84 Å². The van der Waals surface area contributed by atoms with Gasteiger partial charge in [0, 0.05) is 30.1 Å². The van der Waals surface area contributed by atoms with Crippen LogP contribution in [0, 0.1) is 5.82 Å². The van der Waals surface area contributed by atoms with Crippen LogP contribution in [0.15, 0.2) is 35.5 Å². The molecule has 5 nitrogen and oxygen atoms in total. The van der Waals surface area contributed by atoms with Crippen molar-refractivity contribution < 1.29 is 12.8 Å². The molecule has 0 spiro atoms. The molecule has 7 heteroatoms. The fourth-order valence-electron chi connectivity index (χ4n) is 1.71. The first-order valence-corrected chi connectivity index (χ1v) is 7.50. The second-order valence-corrected chi connectivity index (χ2v) is 6.26. The Kier molecular flexibility index (Phi) is 3.68. The van der Waals surface area contributed by atoms with E-state index in [4.69, 9.17) is 5.73 Å². The Morgan fingerprint density at radius 3 is 2.63 bits per heavy atom. The van der Waals surface area contributed by atoms with Gasteiger partial charge >= 0.3 is 0 Å². The summed E-state index contributed by atoms with van der Waals surface area (Å²) < 4.78 is 38.0. The van der Waals surface area contributed by atoms with Gasteiger partial charge in [-0.1, -0.05) is 18.2 Å². The lowest BCUT2D eigenvalue weighted by Crippen LogP contribution is -2.07. The van der Waals surface area contributed by atoms with E-state index in [1.807, 2.05) is 0 Å². The molecule has 0 saturated carbocycles. The summed E-state index contributed by atoms with van der Waals surface area (Å²) in [6, 6.07) is 4.95. The van der Waals surface area contributed by atoms with Gasteiger partial charge in [0.1, 0.15) is 10.7 Å². The van der Waals surface area contributed by atoms with E-state index in [9.17, 15) is 12.8 Å². The summed E-state index contributed by atoms with van der Waals surface area (Å²) in [6.07, 6.45) is 3.73. The van der Waals surface area contributed by atoms with Gasteiger partial charge in [-0.15, -0.1) is 0 Å². The number of hydrogen-bond donors (Lipinski definition) is 1. The molecule has 0 aliphatic carbocycles. The van der Waals surface area contributed by atoms with E-state index in [0.717, 1.165) is 6.26 Å². The molecule has 2 rings (SSSR count). The molecule has 0 aliphatic heterocycles. The number of sulfone groups is 1. The summed E-state index contributed by atoms with van der Waals surface area (Å²) in [7, 11) is -3.29. The Labute approximate surface area is 110 Å². The number of benzene rings is 1. The summed E-state index contributed by atoms with van der Waals surface area (Å²) in [5.74, 6) is -0.374. The molecule has 1 heterocycles. The highest BCUT2D eigenvalue weighted by Gasteiger charge is 2.12. The van der Waals surface area contributed by atoms with Gasteiger partial charge in [-0.2, -0.15) is 5.10 Å². The molecule has 0 bridgehead atoms. The third kappa shape index (κ3) is 2.99. The first kappa shape index (κ1) is 13.7. The van der Waals surface area contributed by atoms with Crippen molar-refractivity contribution in [2.24, 2.45) is 5.73 Å². The first-order valence-electron chi connectivity index (χ1n) is 5.60. The van der Waals surface area contributed by atoms with Gasteiger partial charge in [0.05, 0.1) is 12.7 Å². The predicted molar refractivity (Wildman–Crippen MR) is 68.7 cm³/mol. The monoisotopic (exact) mass is 283 g/mol. The summed E-state index contributed by atoms with van der Waals surface area (Å²) in [6.45, 7) is 0.280. The quantitative estimate of drug-likeness (QED) is 0.905. The summed E-state index contributed by atoms with van der Waals surface area (Å²) >= 11 is 0. The van der Waals surface area contributed by atoms with Crippen LogP contribution in [-0.4, -0.2) is 24.5 Å². The molecule has 102 valence electrons. The van der Waals surface area contributed by atoms with E-state index in [2.05, 4.69) is 5.10 Å². The third-order valence-corrected chi connectivity index (χ3v) is 3.82. The van der Waals surface area contributed by atoms with Crippen LogP contribution in [0.4, 0.5) is 4.39 Å². The molecule has 0 unspecified atom stereocenters. The minimum atomic E-state index is -3.29. The summed E-state index contributed by atoms with van der Waals surface area (Å²) in [5, 5.41) is 3.91. The van der Waals surface area contributed by atoms with Crippen molar-refractivity contribution in [3.8, 4) is 0 Å². The number of nitrogens with zero attached hydrogens (tertiary/aromatic N) is 2. The standard InChI is InChI=1S/C12H14FN3O2S/c1-19(17,18)11-6-15-16(8-11)7-10-4-2-3-9(5-14)12(10)13/h2-4,6,8H,5,7,14H2,1H3. The molecule has 2 N–H and O–H groups in total. The molecule has 1 aromatic carbocycles. The van der Waals surface area contributed by atoms with E-state index in [0.29, 0.717) is 11.1 Å². The highest BCUT2D eigenvalue weighted by atomic mass is 32.2. The van der Waals surface area contributed by atoms with E-state index in [-0.39, 0.29) is 23.8 Å². The average molecular weight is 283 g/mol. The average Bonchev–Trinajstić information content (AvgIpc) is 2.80. The molecule has 2 aromatic rings. The zero-order valence-corrected chi connectivity index (χ0v) is 11.2. The van der Waals surface area contributed by atoms with Crippen molar-refractivity contribution in [1.29, 1.82) is 0 Å². The lowest BCUT2D eigenvalue weighted by Gasteiger charge is -2.06. The van der Waals surface area contributed by atoms with Crippen molar-refractivity contribution in [2.75, 3.05) is 6.26 Å². The van der Waals surface area contributed by atoms with E-state index in [1.54, 1.807) is 18.2 Å². The van der Waals surface area contributed by atoms with Crippen LogP contribution < -0.4 is 5.73 Å². The maximum Gasteiger partial charge on any atom is 0.178 e. The minimum Gasteiger partial charge on any atom is -0.326 e. The molecule has 0 aliphatic rings. The van der Waals surface area contributed by atoms with Gasteiger partial charge in [0.15, 0.2) is 9.84 Å². The van der Waals surface area contributed by atoms with Crippen molar-refractivity contribution in [3.05, 3.63) is 47.5 Å². The van der Waals surface area contributed by atoms with Gasteiger partial charge < -0.3 is 5.73 Å². The van der Waals surface area contributed by atoms with Crippen LogP contribution >= 0.6 is 0 Å². The number of rotatable bonds is 4. The number of aromatic nitrogens is 2. The zero-order valence-electron chi connectivity index (χ0n) is 10.4. The number of halogens is 1. The molecular formula is C12H14FN3O2S. The Bertz CT molecular complexity index is 695. The molecule has 0 fully saturated rings. The number of nitrogens with two attached hydrogens (primary N) is 1. The fourth-order valence-corrected chi connectivity index (χ4v) is 2.26. The fraction of sp³-hybridized carbons (Fsp3) is 0.250. The van der Waals surface area contributed by atoms with Gasteiger partial charge in [-0.25, -0.2) is 12.8 Å². The molecule has 0 radical (unpaired) electrons. The molecule has 0 saturated heterocycles.